The molecule has 0 aromatic heterocycles. The molecule has 21 heavy (non-hydrogen) atoms. The minimum atomic E-state index is -0.282. The zero-order chi connectivity index (χ0) is 15.6. The standard InChI is InChI=1S/C18H22O3/c1-4-12-9-14(5-7-16(12)20)18(2,3)15-6-8-17(21)13(10-15)11-19/h5-10,19-21H,4,11H2,1-3H3. The summed E-state index contributed by atoms with van der Waals surface area (Å²) in [6, 6.07) is 11.0. The highest BCUT2D eigenvalue weighted by molar-refractivity contribution is 5.46. The van der Waals surface area contributed by atoms with Gasteiger partial charge >= 0.3 is 0 Å². The van der Waals surface area contributed by atoms with Crippen molar-refractivity contribution >= 4 is 0 Å². The molecule has 0 aliphatic heterocycles. The average Bonchev–Trinajstić information content (AvgIpc) is 2.47. The maximum Gasteiger partial charge on any atom is 0.121 e. The molecule has 0 aliphatic rings. The first-order chi connectivity index (χ1) is 9.90. The van der Waals surface area contributed by atoms with E-state index in [1.807, 2.05) is 31.2 Å². The zero-order valence-electron chi connectivity index (χ0n) is 12.7. The number of phenols is 2. The second-order valence-electron chi connectivity index (χ2n) is 5.82. The second kappa shape index (κ2) is 5.78. The number of hydrogen-bond donors (Lipinski definition) is 3. The second-order valence-corrected chi connectivity index (χ2v) is 5.82. The molecule has 0 fully saturated rings. The van der Waals surface area contributed by atoms with Crippen molar-refractivity contribution in [2.24, 2.45) is 0 Å². The average molecular weight is 286 g/mol. The van der Waals surface area contributed by atoms with E-state index < -0.39 is 0 Å². The molecule has 0 bridgehead atoms. The van der Waals surface area contributed by atoms with Crippen LogP contribution in [-0.4, -0.2) is 15.3 Å². The van der Waals surface area contributed by atoms with Gasteiger partial charge in [0.05, 0.1) is 6.61 Å². The van der Waals surface area contributed by atoms with Gasteiger partial charge in [-0.1, -0.05) is 39.0 Å². The van der Waals surface area contributed by atoms with Gasteiger partial charge in [0.1, 0.15) is 11.5 Å². The van der Waals surface area contributed by atoms with Crippen molar-refractivity contribution in [2.75, 3.05) is 0 Å². The summed E-state index contributed by atoms with van der Waals surface area (Å²) >= 11 is 0. The van der Waals surface area contributed by atoms with Crippen molar-refractivity contribution in [2.45, 2.75) is 39.2 Å². The van der Waals surface area contributed by atoms with Crippen molar-refractivity contribution in [3.05, 3.63) is 58.7 Å². The molecule has 0 spiro atoms. The summed E-state index contributed by atoms with van der Waals surface area (Å²) in [4.78, 5) is 0. The van der Waals surface area contributed by atoms with Gasteiger partial charge in [0.15, 0.2) is 0 Å². The van der Waals surface area contributed by atoms with Crippen LogP contribution in [0.25, 0.3) is 0 Å². The van der Waals surface area contributed by atoms with Gasteiger partial charge in [-0.2, -0.15) is 0 Å². The Kier molecular flexibility index (Phi) is 4.24. The molecule has 2 rings (SSSR count). The molecule has 3 heteroatoms. The SMILES string of the molecule is CCc1cc(C(C)(C)c2ccc(O)c(CO)c2)ccc1O. The van der Waals surface area contributed by atoms with Gasteiger partial charge in [-0.05, 0) is 41.3 Å². The summed E-state index contributed by atoms with van der Waals surface area (Å²) in [6.07, 6.45) is 0.771. The Hall–Kier alpha value is -2.00. The number of rotatable bonds is 4. The van der Waals surface area contributed by atoms with Gasteiger partial charge in [-0.15, -0.1) is 0 Å². The third kappa shape index (κ3) is 2.88. The zero-order valence-corrected chi connectivity index (χ0v) is 12.7. The van der Waals surface area contributed by atoms with E-state index >= 15 is 0 Å². The Morgan fingerprint density at radius 1 is 0.857 bits per heavy atom. The molecule has 0 unspecified atom stereocenters. The number of aryl methyl sites for hydroxylation is 1. The van der Waals surface area contributed by atoms with Crippen LogP contribution >= 0.6 is 0 Å². The molecule has 3 nitrogen and oxygen atoms in total. The molecule has 2 aromatic rings. The molecule has 0 saturated heterocycles. The highest BCUT2D eigenvalue weighted by Gasteiger charge is 2.24. The highest BCUT2D eigenvalue weighted by atomic mass is 16.3. The number of aromatic hydroxyl groups is 2. The van der Waals surface area contributed by atoms with Gasteiger partial charge in [0, 0.05) is 11.0 Å². The Morgan fingerprint density at radius 2 is 1.33 bits per heavy atom. The predicted molar refractivity (Wildman–Crippen MR) is 83.6 cm³/mol. The maximum atomic E-state index is 9.82. The van der Waals surface area contributed by atoms with Crippen LogP contribution < -0.4 is 0 Å². The lowest BCUT2D eigenvalue weighted by atomic mass is 9.77. The fraction of sp³-hybridized carbons (Fsp3) is 0.333. The van der Waals surface area contributed by atoms with E-state index in [-0.39, 0.29) is 17.8 Å². The lowest BCUT2D eigenvalue weighted by Gasteiger charge is -2.27. The van der Waals surface area contributed by atoms with Crippen LogP contribution in [0, 0.1) is 0 Å². The first-order valence-electron chi connectivity index (χ1n) is 7.15. The summed E-state index contributed by atoms with van der Waals surface area (Å²) in [5, 5.41) is 28.8. The first-order valence-corrected chi connectivity index (χ1v) is 7.15. The number of phenolic OH excluding ortho intramolecular Hbond substituents is 1. The third-order valence-electron chi connectivity index (χ3n) is 4.15. The van der Waals surface area contributed by atoms with Crippen molar-refractivity contribution in [3.63, 3.8) is 0 Å². The first kappa shape index (κ1) is 15.4. The maximum absolute atomic E-state index is 9.82. The molecule has 112 valence electrons. The van der Waals surface area contributed by atoms with Crippen LogP contribution in [0.15, 0.2) is 36.4 Å². The Morgan fingerprint density at radius 3 is 1.81 bits per heavy atom. The summed E-state index contributed by atoms with van der Waals surface area (Å²) in [6.45, 7) is 6.00. The van der Waals surface area contributed by atoms with Crippen molar-refractivity contribution in [3.8, 4) is 11.5 Å². The molecule has 0 atom stereocenters. The fourth-order valence-electron chi connectivity index (χ4n) is 2.53. The van der Waals surface area contributed by atoms with E-state index in [0.717, 1.165) is 23.1 Å². The lowest BCUT2D eigenvalue weighted by molar-refractivity contribution is 0.275. The Balaban J connectivity index is 2.50. The van der Waals surface area contributed by atoms with Crippen molar-refractivity contribution in [1.82, 2.24) is 0 Å². The van der Waals surface area contributed by atoms with E-state index in [2.05, 4.69) is 13.8 Å². The number of hydrogen-bond acceptors (Lipinski definition) is 3. The topological polar surface area (TPSA) is 60.7 Å². The highest BCUT2D eigenvalue weighted by Crippen LogP contribution is 2.35. The summed E-state index contributed by atoms with van der Waals surface area (Å²) in [7, 11) is 0. The molecular weight excluding hydrogens is 264 g/mol. The van der Waals surface area contributed by atoms with Gasteiger partial charge in [-0.3, -0.25) is 0 Å². The molecule has 0 saturated carbocycles. The van der Waals surface area contributed by atoms with Gasteiger partial charge in [0.2, 0.25) is 0 Å². The minimum Gasteiger partial charge on any atom is -0.508 e. The van der Waals surface area contributed by atoms with Gasteiger partial charge in [0.25, 0.3) is 0 Å². The van der Waals surface area contributed by atoms with E-state index in [4.69, 9.17) is 0 Å². The monoisotopic (exact) mass is 286 g/mol. The molecular formula is C18H22O3. The van der Waals surface area contributed by atoms with E-state index in [1.165, 1.54) is 0 Å². The quantitative estimate of drug-likeness (QED) is 0.806. The van der Waals surface area contributed by atoms with Crippen LogP contribution in [0.3, 0.4) is 0 Å². The predicted octanol–water partition coefficient (Wildman–Crippen LogP) is 3.48. The number of benzene rings is 2. The summed E-state index contributed by atoms with van der Waals surface area (Å²) in [5.41, 5.74) is 3.26. The smallest absolute Gasteiger partial charge is 0.121 e. The van der Waals surface area contributed by atoms with Crippen LogP contribution in [0.1, 0.15) is 43.0 Å². The van der Waals surface area contributed by atoms with Gasteiger partial charge in [-0.25, -0.2) is 0 Å². The summed E-state index contributed by atoms with van der Waals surface area (Å²) < 4.78 is 0. The summed E-state index contributed by atoms with van der Waals surface area (Å²) in [5.74, 6) is 0.427. The van der Waals surface area contributed by atoms with E-state index in [0.29, 0.717) is 11.3 Å². The van der Waals surface area contributed by atoms with Gasteiger partial charge < -0.3 is 15.3 Å². The number of aliphatic hydroxyl groups excluding tert-OH is 1. The van der Waals surface area contributed by atoms with E-state index in [1.54, 1.807) is 12.1 Å². The van der Waals surface area contributed by atoms with E-state index in [9.17, 15) is 15.3 Å². The van der Waals surface area contributed by atoms with Crippen molar-refractivity contribution in [1.29, 1.82) is 0 Å². The molecule has 0 radical (unpaired) electrons. The Bertz CT molecular complexity index is 589. The molecule has 3 N–H and O–H groups in total. The molecule has 0 heterocycles. The largest absolute Gasteiger partial charge is 0.508 e. The Labute approximate surface area is 125 Å². The normalized spacial score (nSPS) is 11.6. The third-order valence-corrected chi connectivity index (χ3v) is 4.15. The number of aliphatic hydroxyl groups is 1. The molecule has 2 aromatic carbocycles. The molecule has 0 aliphatic carbocycles. The van der Waals surface area contributed by atoms with Crippen LogP contribution in [0.4, 0.5) is 0 Å². The van der Waals surface area contributed by atoms with Crippen LogP contribution in [0.2, 0.25) is 0 Å². The molecule has 0 amide bonds. The van der Waals surface area contributed by atoms with Crippen LogP contribution in [0.5, 0.6) is 11.5 Å². The minimum absolute atomic E-state index is 0.108. The van der Waals surface area contributed by atoms with Crippen molar-refractivity contribution < 1.29 is 15.3 Å². The fourth-order valence-corrected chi connectivity index (χ4v) is 2.53. The lowest BCUT2D eigenvalue weighted by Crippen LogP contribution is -2.19. The van der Waals surface area contributed by atoms with Crippen LogP contribution in [-0.2, 0) is 18.4 Å².